The van der Waals surface area contributed by atoms with Crippen LogP contribution >= 0.6 is 0 Å². The minimum absolute atomic E-state index is 0.141. The first-order chi connectivity index (χ1) is 26.6. The largest absolute Gasteiger partial charge is 0.456 e. The molecule has 1 aliphatic carbocycles. The molecule has 2 aromatic heterocycles. The van der Waals surface area contributed by atoms with E-state index in [1.165, 1.54) is 44.1 Å². The molecule has 2 heterocycles. The Kier molecular flexibility index (Phi) is 6.60. The summed E-state index contributed by atoms with van der Waals surface area (Å²) in [6, 6.07) is 66.0. The van der Waals surface area contributed by atoms with Gasteiger partial charge in [-0.15, -0.1) is 0 Å². The van der Waals surface area contributed by atoms with Crippen LogP contribution in [-0.2, 0) is 5.41 Å². The van der Waals surface area contributed by atoms with E-state index in [-0.39, 0.29) is 5.41 Å². The Bertz CT molecular complexity index is 3090. The maximum Gasteiger partial charge on any atom is 0.136 e. The van der Waals surface area contributed by atoms with Gasteiger partial charge in [-0.25, -0.2) is 0 Å². The molecule has 1 aliphatic rings. The molecule has 0 saturated carbocycles. The Labute approximate surface area is 314 Å². The second-order valence-electron chi connectivity index (χ2n) is 14.9. The molecule has 3 nitrogen and oxygen atoms in total. The van der Waals surface area contributed by atoms with Crippen molar-refractivity contribution in [3.8, 4) is 27.9 Å². The summed E-state index contributed by atoms with van der Waals surface area (Å²) in [4.78, 5) is 2.46. The number of hydrogen-bond acceptors (Lipinski definition) is 2. The number of furan rings is 1. The molecule has 256 valence electrons. The van der Waals surface area contributed by atoms with Crippen LogP contribution in [0.2, 0.25) is 0 Å². The fraction of sp³-hybridized carbons (Fsp3) is 0.0588. The fourth-order valence-electron chi connectivity index (χ4n) is 9.11. The minimum atomic E-state index is -0.141. The molecule has 0 aliphatic heterocycles. The van der Waals surface area contributed by atoms with E-state index in [1.807, 2.05) is 6.07 Å². The van der Waals surface area contributed by atoms with Crippen molar-refractivity contribution in [2.75, 3.05) is 4.90 Å². The summed E-state index contributed by atoms with van der Waals surface area (Å²) in [6.45, 7) is 4.71. The molecule has 0 atom stereocenters. The van der Waals surface area contributed by atoms with E-state index in [1.54, 1.807) is 0 Å². The number of hydrogen-bond donors (Lipinski definition) is 0. The lowest BCUT2D eigenvalue weighted by Crippen LogP contribution is -2.17. The highest BCUT2D eigenvalue weighted by atomic mass is 16.3. The highest BCUT2D eigenvalue weighted by Crippen LogP contribution is 2.52. The molecule has 8 aromatic carbocycles. The Morgan fingerprint density at radius 3 is 1.96 bits per heavy atom. The maximum absolute atomic E-state index is 6.40. The smallest absolute Gasteiger partial charge is 0.136 e. The molecular formula is C51H36N2O. The van der Waals surface area contributed by atoms with Crippen molar-refractivity contribution in [2.24, 2.45) is 0 Å². The molecule has 3 heteroatoms. The van der Waals surface area contributed by atoms with Crippen LogP contribution in [0.25, 0.3) is 71.7 Å². The van der Waals surface area contributed by atoms with Gasteiger partial charge in [-0.1, -0.05) is 135 Å². The van der Waals surface area contributed by atoms with E-state index in [0.29, 0.717) is 0 Å². The van der Waals surface area contributed by atoms with Gasteiger partial charge in [-0.3, -0.25) is 0 Å². The van der Waals surface area contributed by atoms with Crippen LogP contribution in [0.5, 0.6) is 0 Å². The molecule has 11 rings (SSSR count). The van der Waals surface area contributed by atoms with Gasteiger partial charge in [0.15, 0.2) is 0 Å². The highest BCUT2D eigenvalue weighted by molar-refractivity contribution is 6.14. The van der Waals surface area contributed by atoms with Crippen LogP contribution in [0.15, 0.2) is 186 Å². The first-order valence-corrected chi connectivity index (χ1v) is 18.7. The third-order valence-electron chi connectivity index (χ3n) is 11.6. The molecule has 0 radical (unpaired) electrons. The SMILES string of the molecule is CC1(C)c2ccccc2-c2ccc(N(c3ccc4c5ccccc5n(-c5ccccc5)c4c3)c3ccccc3-c3cccc4oc5ccccc5c34)cc21. The van der Waals surface area contributed by atoms with E-state index in [9.17, 15) is 0 Å². The molecular weight excluding hydrogens is 657 g/mol. The van der Waals surface area contributed by atoms with E-state index in [0.717, 1.165) is 55.8 Å². The first-order valence-electron chi connectivity index (χ1n) is 18.7. The zero-order valence-corrected chi connectivity index (χ0v) is 30.1. The van der Waals surface area contributed by atoms with Crippen molar-refractivity contribution < 1.29 is 4.42 Å². The summed E-state index contributed by atoms with van der Waals surface area (Å²) >= 11 is 0. The molecule has 54 heavy (non-hydrogen) atoms. The number of rotatable bonds is 5. The lowest BCUT2D eigenvalue weighted by Gasteiger charge is -2.30. The second-order valence-corrected chi connectivity index (χ2v) is 14.9. The predicted octanol–water partition coefficient (Wildman–Crippen LogP) is 14.1. The van der Waals surface area contributed by atoms with Crippen molar-refractivity contribution >= 4 is 60.8 Å². The van der Waals surface area contributed by atoms with Gasteiger partial charge in [0.1, 0.15) is 11.2 Å². The fourth-order valence-corrected chi connectivity index (χ4v) is 9.11. The van der Waals surface area contributed by atoms with Crippen LogP contribution < -0.4 is 4.90 Å². The van der Waals surface area contributed by atoms with Crippen LogP contribution in [-0.4, -0.2) is 4.57 Å². The van der Waals surface area contributed by atoms with Crippen molar-refractivity contribution in [1.29, 1.82) is 0 Å². The molecule has 0 saturated heterocycles. The zero-order chi connectivity index (χ0) is 36.0. The van der Waals surface area contributed by atoms with E-state index in [4.69, 9.17) is 4.42 Å². The second kappa shape index (κ2) is 11.6. The van der Waals surface area contributed by atoms with Gasteiger partial charge in [-0.05, 0) is 88.5 Å². The van der Waals surface area contributed by atoms with E-state index in [2.05, 4.69) is 199 Å². The maximum atomic E-state index is 6.40. The highest BCUT2D eigenvalue weighted by Gasteiger charge is 2.36. The molecule has 0 amide bonds. The number of fused-ring (bicyclic) bond motifs is 9. The van der Waals surface area contributed by atoms with Gasteiger partial charge in [-0.2, -0.15) is 0 Å². The van der Waals surface area contributed by atoms with Gasteiger partial charge in [0, 0.05) is 49.6 Å². The quantitative estimate of drug-likeness (QED) is 0.179. The predicted molar refractivity (Wildman–Crippen MR) is 226 cm³/mol. The van der Waals surface area contributed by atoms with E-state index >= 15 is 0 Å². The number of benzene rings is 8. The Hall–Kier alpha value is -6.84. The number of aromatic nitrogens is 1. The van der Waals surface area contributed by atoms with Crippen molar-refractivity contribution in [1.82, 2.24) is 4.57 Å². The molecule has 10 aromatic rings. The summed E-state index contributed by atoms with van der Waals surface area (Å²) in [5.41, 5.74) is 16.1. The summed E-state index contributed by atoms with van der Waals surface area (Å²) in [5, 5.41) is 4.72. The summed E-state index contributed by atoms with van der Waals surface area (Å²) in [7, 11) is 0. The Balaban J connectivity index is 1.20. The lowest BCUT2D eigenvalue weighted by molar-refractivity contribution is 0.660. The Morgan fingerprint density at radius 2 is 1.07 bits per heavy atom. The van der Waals surface area contributed by atoms with Gasteiger partial charge in [0.2, 0.25) is 0 Å². The van der Waals surface area contributed by atoms with Gasteiger partial charge < -0.3 is 13.9 Å². The normalized spacial score (nSPS) is 13.1. The van der Waals surface area contributed by atoms with Gasteiger partial charge in [0.05, 0.1) is 16.7 Å². The van der Waals surface area contributed by atoms with Gasteiger partial charge in [0.25, 0.3) is 0 Å². The summed E-state index contributed by atoms with van der Waals surface area (Å²) in [6.07, 6.45) is 0. The Morgan fingerprint density at radius 1 is 0.444 bits per heavy atom. The van der Waals surface area contributed by atoms with Crippen LogP contribution in [0.4, 0.5) is 17.1 Å². The average molecular weight is 693 g/mol. The summed E-state index contributed by atoms with van der Waals surface area (Å²) < 4.78 is 8.81. The lowest BCUT2D eigenvalue weighted by atomic mass is 9.82. The van der Waals surface area contributed by atoms with Crippen LogP contribution in [0.1, 0.15) is 25.0 Å². The molecule has 0 spiro atoms. The van der Waals surface area contributed by atoms with E-state index < -0.39 is 0 Å². The summed E-state index contributed by atoms with van der Waals surface area (Å²) in [5.74, 6) is 0. The molecule has 0 N–H and O–H groups in total. The molecule has 0 bridgehead atoms. The third-order valence-corrected chi connectivity index (χ3v) is 11.6. The molecule has 0 unspecified atom stereocenters. The van der Waals surface area contributed by atoms with Crippen LogP contribution in [0, 0.1) is 0 Å². The van der Waals surface area contributed by atoms with Crippen molar-refractivity contribution in [3.05, 3.63) is 193 Å². The number of anilines is 3. The standard InChI is InChI=1S/C51H36N2O/c1-51(2)43-22-10-6-17-36(43)37-29-27-34(31-44(37)51)52(35-28-30-40-38-18-7-12-24-46(38)53(47(40)32-35)33-15-4-3-5-16-33)45-23-11-8-19-39(45)41-21-14-26-49-50(41)42-20-9-13-25-48(42)54-49/h3-32H,1-2H3. The average Bonchev–Trinajstić information content (AvgIpc) is 3.84. The topological polar surface area (TPSA) is 21.3 Å². The third kappa shape index (κ3) is 4.42. The van der Waals surface area contributed by atoms with Crippen molar-refractivity contribution in [3.63, 3.8) is 0 Å². The number of nitrogens with zero attached hydrogens (tertiary/aromatic N) is 2. The van der Waals surface area contributed by atoms with Crippen molar-refractivity contribution in [2.45, 2.75) is 19.3 Å². The molecule has 0 fully saturated rings. The first kappa shape index (κ1) is 30.8. The minimum Gasteiger partial charge on any atom is -0.456 e. The van der Waals surface area contributed by atoms with Crippen LogP contribution in [0.3, 0.4) is 0 Å². The van der Waals surface area contributed by atoms with Gasteiger partial charge >= 0.3 is 0 Å². The monoisotopic (exact) mass is 692 g/mol. The zero-order valence-electron chi connectivity index (χ0n) is 30.1. The number of para-hydroxylation sites is 4.